The van der Waals surface area contributed by atoms with Crippen molar-refractivity contribution in [3.63, 3.8) is 0 Å². The molecule has 2 heterocycles. The fourth-order valence-electron chi connectivity index (χ4n) is 2.28. The third kappa shape index (κ3) is 2.38. The Morgan fingerprint density at radius 1 is 1.29 bits per heavy atom. The van der Waals surface area contributed by atoms with Gasteiger partial charge in [0.05, 0.1) is 12.3 Å². The van der Waals surface area contributed by atoms with Crippen molar-refractivity contribution in [2.45, 2.75) is 13.8 Å². The summed E-state index contributed by atoms with van der Waals surface area (Å²) in [5, 5.41) is 6.37. The fourth-order valence-corrected chi connectivity index (χ4v) is 2.28. The summed E-state index contributed by atoms with van der Waals surface area (Å²) in [5.41, 5.74) is 1.13. The van der Waals surface area contributed by atoms with Crippen LogP contribution in [0.3, 0.4) is 0 Å². The molecule has 0 saturated heterocycles. The Morgan fingerprint density at radius 2 is 2.10 bits per heavy atom. The standard InChI is InChI=1S/C16H15N3O2/c1-3-21-16(20)14-10-11(2)18-19(14)15-13-7-5-4-6-12(13)8-9-17-15/h4-10H,3H2,1-2H3. The number of benzene rings is 1. The number of hydrogen-bond donors (Lipinski definition) is 0. The number of esters is 1. The molecule has 0 spiro atoms. The molecule has 0 unspecified atom stereocenters. The molecule has 0 atom stereocenters. The van der Waals surface area contributed by atoms with E-state index in [0.29, 0.717) is 18.1 Å². The van der Waals surface area contributed by atoms with Crippen molar-refractivity contribution in [3.05, 3.63) is 54.0 Å². The Hall–Kier alpha value is -2.69. The van der Waals surface area contributed by atoms with Gasteiger partial charge in [-0.2, -0.15) is 5.10 Å². The molecule has 0 aliphatic heterocycles. The SMILES string of the molecule is CCOC(=O)c1cc(C)nn1-c1nccc2ccccc12. The summed E-state index contributed by atoms with van der Waals surface area (Å²) in [4.78, 5) is 16.5. The van der Waals surface area contributed by atoms with Crippen LogP contribution in [-0.4, -0.2) is 27.3 Å². The molecule has 21 heavy (non-hydrogen) atoms. The minimum Gasteiger partial charge on any atom is -0.461 e. The molecule has 0 fully saturated rings. The lowest BCUT2D eigenvalue weighted by molar-refractivity contribution is 0.0515. The molecular weight excluding hydrogens is 266 g/mol. The highest BCUT2D eigenvalue weighted by Gasteiger charge is 2.18. The van der Waals surface area contributed by atoms with Gasteiger partial charge in [-0.3, -0.25) is 0 Å². The van der Waals surface area contributed by atoms with E-state index in [1.807, 2.05) is 37.3 Å². The van der Waals surface area contributed by atoms with Gasteiger partial charge >= 0.3 is 5.97 Å². The van der Waals surface area contributed by atoms with E-state index in [9.17, 15) is 4.79 Å². The van der Waals surface area contributed by atoms with Crippen molar-refractivity contribution in [2.75, 3.05) is 6.61 Å². The van der Waals surface area contributed by atoms with Crippen LogP contribution in [0, 0.1) is 6.92 Å². The van der Waals surface area contributed by atoms with E-state index >= 15 is 0 Å². The minimum absolute atomic E-state index is 0.325. The average molecular weight is 281 g/mol. The minimum atomic E-state index is -0.396. The van der Waals surface area contributed by atoms with Crippen LogP contribution in [0.15, 0.2) is 42.6 Å². The zero-order valence-corrected chi connectivity index (χ0v) is 11.9. The molecule has 0 aliphatic carbocycles. The number of nitrogens with zero attached hydrogens (tertiary/aromatic N) is 3. The van der Waals surface area contributed by atoms with Crippen LogP contribution in [0.5, 0.6) is 0 Å². The van der Waals surface area contributed by atoms with Crippen molar-refractivity contribution >= 4 is 16.7 Å². The molecule has 0 N–H and O–H groups in total. The Balaban J connectivity index is 2.21. The molecule has 3 aromatic rings. The van der Waals surface area contributed by atoms with Crippen LogP contribution in [0.2, 0.25) is 0 Å². The number of hydrogen-bond acceptors (Lipinski definition) is 4. The molecular formula is C16H15N3O2. The summed E-state index contributed by atoms with van der Waals surface area (Å²) >= 11 is 0. The van der Waals surface area contributed by atoms with Crippen molar-refractivity contribution in [1.29, 1.82) is 0 Å². The lowest BCUT2D eigenvalue weighted by Gasteiger charge is -2.08. The molecule has 0 bridgehead atoms. The number of carbonyl (C=O) groups is 1. The highest BCUT2D eigenvalue weighted by molar-refractivity contribution is 5.92. The number of carbonyl (C=O) groups excluding carboxylic acids is 1. The van der Waals surface area contributed by atoms with Crippen molar-refractivity contribution in [1.82, 2.24) is 14.8 Å². The van der Waals surface area contributed by atoms with E-state index in [1.54, 1.807) is 23.9 Å². The summed E-state index contributed by atoms with van der Waals surface area (Å²) in [5.74, 6) is 0.233. The molecule has 0 amide bonds. The van der Waals surface area contributed by atoms with Crippen LogP contribution < -0.4 is 0 Å². The Morgan fingerprint density at radius 3 is 2.90 bits per heavy atom. The largest absolute Gasteiger partial charge is 0.461 e. The molecule has 3 rings (SSSR count). The Labute approximate surface area is 122 Å². The number of aromatic nitrogens is 3. The normalized spacial score (nSPS) is 10.8. The third-order valence-electron chi connectivity index (χ3n) is 3.17. The van der Waals surface area contributed by atoms with Gasteiger partial charge < -0.3 is 4.74 Å². The molecule has 0 aliphatic rings. The van der Waals surface area contributed by atoms with Gasteiger partial charge in [-0.1, -0.05) is 24.3 Å². The van der Waals surface area contributed by atoms with Crippen molar-refractivity contribution < 1.29 is 9.53 Å². The second-order valence-corrected chi connectivity index (χ2v) is 4.66. The zero-order valence-electron chi connectivity index (χ0n) is 11.9. The first-order valence-electron chi connectivity index (χ1n) is 6.78. The number of fused-ring (bicyclic) bond motifs is 1. The van der Waals surface area contributed by atoms with Gasteiger partial charge in [-0.15, -0.1) is 0 Å². The van der Waals surface area contributed by atoms with Gasteiger partial charge in [0.25, 0.3) is 0 Å². The summed E-state index contributed by atoms with van der Waals surface area (Å²) in [6, 6.07) is 11.5. The molecule has 5 nitrogen and oxygen atoms in total. The lowest BCUT2D eigenvalue weighted by Crippen LogP contribution is -2.13. The fraction of sp³-hybridized carbons (Fsp3) is 0.188. The van der Waals surface area contributed by atoms with E-state index < -0.39 is 5.97 Å². The topological polar surface area (TPSA) is 57.0 Å². The first kappa shape index (κ1) is 13.3. The number of pyridine rings is 1. The summed E-state index contributed by atoms with van der Waals surface area (Å²) in [7, 11) is 0. The maximum absolute atomic E-state index is 12.1. The maximum atomic E-state index is 12.1. The summed E-state index contributed by atoms with van der Waals surface area (Å²) in [6.45, 7) is 3.94. The third-order valence-corrected chi connectivity index (χ3v) is 3.17. The Kier molecular flexibility index (Phi) is 3.39. The quantitative estimate of drug-likeness (QED) is 0.693. The van der Waals surface area contributed by atoms with Crippen LogP contribution in [-0.2, 0) is 4.74 Å². The highest BCUT2D eigenvalue weighted by Crippen LogP contribution is 2.21. The molecule has 0 radical (unpaired) electrons. The van der Waals surface area contributed by atoms with Crippen LogP contribution in [0.25, 0.3) is 16.6 Å². The molecule has 5 heteroatoms. The predicted octanol–water partition coefficient (Wildman–Crippen LogP) is 2.91. The Bertz CT molecular complexity index is 803. The smallest absolute Gasteiger partial charge is 0.357 e. The molecule has 2 aromatic heterocycles. The molecule has 1 aromatic carbocycles. The van der Waals surface area contributed by atoms with E-state index in [-0.39, 0.29) is 0 Å². The monoisotopic (exact) mass is 281 g/mol. The number of aryl methyl sites for hydroxylation is 1. The van der Waals surface area contributed by atoms with Gasteiger partial charge in [-0.05, 0) is 31.4 Å². The van der Waals surface area contributed by atoms with E-state index in [2.05, 4.69) is 10.1 Å². The van der Waals surface area contributed by atoms with Crippen LogP contribution in [0.1, 0.15) is 23.1 Å². The molecule has 0 saturated carbocycles. The zero-order chi connectivity index (χ0) is 14.8. The summed E-state index contributed by atoms with van der Waals surface area (Å²) < 4.78 is 6.64. The van der Waals surface area contributed by atoms with Gasteiger partial charge in [0, 0.05) is 11.6 Å². The second kappa shape index (κ2) is 5.36. The maximum Gasteiger partial charge on any atom is 0.357 e. The highest BCUT2D eigenvalue weighted by atomic mass is 16.5. The van der Waals surface area contributed by atoms with Crippen LogP contribution in [0.4, 0.5) is 0 Å². The van der Waals surface area contributed by atoms with E-state index in [0.717, 1.165) is 16.5 Å². The van der Waals surface area contributed by atoms with Gasteiger partial charge in [0.15, 0.2) is 11.5 Å². The van der Waals surface area contributed by atoms with Crippen LogP contribution >= 0.6 is 0 Å². The van der Waals surface area contributed by atoms with Gasteiger partial charge in [-0.25, -0.2) is 14.5 Å². The van der Waals surface area contributed by atoms with E-state index in [4.69, 9.17) is 4.74 Å². The predicted molar refractivity (Wildman–Crippen MR) is 79.6 cm³/mol. The second-order valence-electron chi connectivity index (χ2n) is 4.66. The van der Waals surface area contributed by atoms with E-state index in [1.165, 1.54) is 0 Å². The van der Waals surface area contributed by atoms with Crippen molar-refractivity contribution in [3.8, 4) is 5.82 Å². The average Bonchev–Trinajstić information content (AvgIpc) is 2.89. The number of ether oxygens (including phenoxy) is 1. The first-order valence-corrected chi connectivity index (χ1v) is 6.78. The molecule has 106 valence electrons. The number of rotatable bonds is 3. The first-order chi connectivity index (χ1) is 10.2. The van der Waals surface area contributed by atoms with Gasteiger partial charge in [0.2, 0.25) is 0 Å². The van der Waals surface area contributed by atoms with Crippen molar-refractivity contribution in [2.24, 2.45) is 0 Å². The van der Waals surface area contributed by atoms with Gasteiger partial charge in [0.1, 0.15) is 0 Å². The lowest BCUT2D eigenvalue weighted by atomic mass is 10.1. The summed E-state index contributed by atoms with van der Waals surface area (Å²) in [6.07, 6.45) is 1.71.